The Morgan fingerprint density at radius 3 is 1.13 bits per heavy atom. The number of esters is 3. The summed E-state index contributed by atoms with van der Waals surface area (Å²) in [6.45, 7) is 14.9. The first-order valence-corrected chi connectivity index (χ1v) is 52.2. The number of alkyl halides is 3. The van der Waals surface area contributed by atoms with Crippen LogP contribution in [0.25, 0.3) is 0 Å². The lowest BCUT2D eigenvalue weighted by molar-refractivity contribution is -0.153. The van der Waals surface area contributed by atoms with Gasteiger partial charge in [0.15, 0.2) is 18.5 Å². The molecule has 6 N–H and O–H groups in total. The number of phosphoric ester groups is 2. The van der Waals surface area contributed by atoms with Crippen LogP contribution in [0.15, 0.2) is 221 Å². The van der Waals surface area contributed by atoms with E-state index in [4.69, 9.17) is 79.0 Å². The molecule has 3 aromatic heterocycles. The third-order valence-electron chi connectivity index (χ3n) is 21.8. The minimum atomic E-state index is -4.12. The van der Waals surface area contributed by atoms with E-state index in [1.807, 2.05) is 170 Å². The molecular formula is C91H109Cl2F3N9O23P3S3. The number of nitrogens with one attached hydrogen (secondary N) is 2. The number of hydrogen-bond donors (Lipinski definition) is 5. The molecule has 43 heteroatoms. The van der Waals surface area contributed by atoms with Crippen molar-refractivity contribution >= 4 is 115 Å². The van der Waals surface area contributed by atoms with E-state index in [9.17, 15) is 57.1 Å². The monoisotopic (exact) mass is 2010 g/mol. The van der Waals surface area contributed by atoms with Crippen LogP contribution in [0.5, 0.6) is 11.5 Å². The van der Waals surface area contributed by atoms with Crippen molar-refractivity contribution in [2.45, 2.75) is 180 Å². The number of nitrogen functional groups attached to an aromatic ring is 1. The molecule has 32 nitrogen and oxygen atoms in total. The number of carbonyl (C=O) groups is 3. The minimum Gasteiger partial charge on any atom is -0.497 e. The lowest BCUT2D eigenvalue weighted by Crippen LogP contribution is -2.40. The second-order valence-corrected chi connectivity index (χ2v) is 44.1. The van der Waals surface area contributed by atoms with Crippen LogP contribution in [-0.2, 0) is 85.0 Å². The molecule has 724 valence electrons. The normalized spacial score (nSPS) is 23.8. The standard InChI is InChI=1S/C37H41FN3O8PS.C29H28FN3O4S.C17H25FN3O7PS.C8H15Cl2O4P/c1-24(2)48-35(42)25(3)20-22-46-50(44)47-23-30-33(49-50)32(38)34(51-30)41-21-19-31(39-36(41)43)40-37(26-11-7-5-8-12-26,27-13-9-6-10-14-27)28-15-17-29(45-4)18-16-28;1-37-22-14-12-21(13-15-22)29(19-8-4-2-5-9-19,20-10-6-3-7-11-20)32-24-16-17-33(28(36)31-24)27-25(30)26(35)23(18-34)38-27;1-9(2)27-16(22)10(3)5-7-25-29(24)26-8-11-14(28-29)13(18)15(30-11)21-6-4-12(19)20-17(21)23;1-6(2)14-8(11)7(3)4-5-13-15(9,10)12/h5-19,21,24-25,30,32-34H,20,22-23H2,1-4H3,(H,39,40,43);2-17,23,25-27,34-35H,18H2,1H3,(H,31,32,36);4,6,9-11,13-15H,5,7-8H2,1-3H3,(H2,19,20,23);6-7H,4-5H2,1-3H3/t25-,30-,32+,33?,34-,50?;23-,25+,26-,27-;10-,11-,13+,14?,15-,29?;7-/m1111/s1. The summed E-state index contributed by atoms with van der Waals surface area (Å²) in [5.74, 6) is -0.384. The van der Waals surface area contributed by atoms with Crippen molar-refractivity contribution in [3.8, 4) is 11.5 Å². The summed E-state index contributed by atoms with van der Waals surface area (Å²) in [7, 11) is -4.90. The Balaban J connectivity index is 0.000000185. The van der Waals surface area contributed by atoms with Crippen LogP contribution in [0, 0.1) is 17.8 Å². The van der Waals surface area contributed by atoms with Crippen molar-refractivity contribution in [3.05, 3.63) is 271 Å². The van der Waals surface area contributed by atoms with Crippen molar-refractivity contribution in [2.24, 2.45) is 17.8 Å². The maximum absolute atomic E-state index is 16.1. The van der Waals surface area contributed by atoms with E-state index in [-0.39, 0.29) is 100 Å². The van der Waals surface area contributed by atoms with E-state index in [1.165, 1.54) is 33.8 Å². The first-order chi connectivity index (χ1) is 63.8. The van der Waals surface area contributed by atoms with Gasteiger partial charge in [-0.1, -0.05) is 166 Å². The Hall–Kier alpha value is -8.88. The SMILES string of the molecule is CC(C)OC(=O)[C@H](C)CCOP(=O)(Cl)Cl.CC(C)OC(=O)[C@H](C)CCOP1(=O)OC[C@H]2S[C@@H](n3ccc(N)nc3=O)[C@@H](F)C2O1.COc1ccc(C(Nc2ccn([C@@H]3S[C@@H]4COP(=O)(OCC[C@@H](C)C(=O)OC(C)C)OC4[C@@H]3F)c(=O)n2)(c2ccccc2)c2ccccc2)cc1.COc1ccc(C(Nc2ccn([C@@H]3S[C@H](CO)[C@@H](O)[C@@H]3F)c(=O)n2)(c2ccccc2)c2ccccc2)cc1. The highest BCUT2D eigenvalue weighted by Gasteiger charge is 2.56. The van der Waals surface area contributed by atoms with Gasteiger partial charge in [-0.25, -0.2) is 36.7 Å². The van der Waals surface area contributed by atoms with Gasteiger partial charge in [0.1, 0.15) is 74.5 Å². The number of aromatic nitrogens is 6. The Morgan fingerprint density at radius 1 is 0.500 bits per heavy atom. The third kappa shape index (κ3) is 26.9. The molecule has 0 bridgehead atoms. The highest BCUT2D eigenvalue weighted by Crippen LogP contribution is 2.62. The number of hydrogen-bond acceptors (Lipinski definition) is 32. The number of carbonyl (C=O) groups excluding carboxylic acids is 3. The van der Waals surface area contributed by atoms with Crippen LogP contribution in [0.1, 0.15) is 131 Å². The number of nitrogens with two attached hydrogens (primary N) is 1. The number of halogens is 5. The van der Waals surface area contributed by atoms with Gasteiger partial charge in [0.2, 0.25) is 0 Å². The minimum absolute atomic E-state index is 0.0380. The molecule has 0 radical (unpaired) electrons. The van der Waals surface area contributed by atoms with Gasteiger partial charge >= 0.3 is 56.7 Å². The molecule has 14 rings (SSSR count). The lowest BCUT2D eigenvalue weighted by atomic mass is 9.77. The van der Waals surface area contributed by atoms with Crippen LogP contribution < -0.4 is 42.9 Å². The molecule has 5 aliphatic rings. The molecule has 134 heavy (non-hydrogen) atoms. The Labute approximate surface area is 795 Å². The van der Waals surface area contributed by atoms with Gasteiger partial charge in [-0.3, -0.25) is 59.8 Å². The summed E-state index contributed by atoms with van der Waals surface area (Å²) in [5, 5.41) is 22.0. The molecular weight excluding hydrogens is 1900 g/mol. The highest BCUT2D eigenvalue weighted by atomic mass is 35.9. The summed E-state index contributed by atoms with van der Waals surface area (Å²) < 4.78 is 149. The number of aliphatic hydroxyl groups excluding tert-OH is 2. The third-order valence-corrected chi connectivity index (χ3v) is 30.4. The summed E-state index contributed by atoms with van der Waals surface area (Å²) >= 11 is 13.6. The van der Waals surface area contributed by atoms with Gasteiger partial charge in [0.05, 0.1) is 106 Å². The van der Waals surface area contributed by atoms with E-state index >= 15 is 8.78 Å². The first kappa shape index (κ1) is 106. The summed E-state index contributed by atoms with van der Waals surface area (Å²) in [6, 6.07) is 59.4. The van der Waals surface area contributed by atoms with Crippen molar-refractivity contribution in [2.75, 3.05) is 70.2 Å². The second kappa shape index (κ2) is 47.9. The molecule has 5 fully saturated rings. The maximum Gasteiger partial charge on any atom is 0.475 e. The van der Waals surface area contributed by atoms with E-state index in [0.29, 0.717) is 23.7 Å². The lowest BCUT2D eigenvalue weighted by Gasteiger charge is -2.37. The number of fused-ring (bicyclic) bond motifs is 2. The van der Waals surface area contributed by atoms with Crippen molar-refractivity contribution in [1.29, 1.82) is 0 Å². The fourth-order valence-electron chi connectivity index (χ4n) is 14.9. The van der Waals surface area contributed by atoms with Crippen LogP contribution in [0.4, 0.5) is 30.6 Å². The zero-order valence-corrected chi connectivity index (χ0v) is 81.7. The molecule has 6 aromatic carbocycles. The van der Waals surface area contributed by atoms with Gasteiger partial charge in [0.25, 0.3) is 0 Å². The largest absolute Gasteiger partial charge is 0.497 e. The average molecular weight is 2010 g/mol. The van der Waals surface area contributed by atoms with Crippen molar-refractivity contribution in [3.63, 3.8) is 0 Å². The second-order valence-electron chi connectivity index (χ2n) is 32.5. The van der Waals surface area contributed by atoms with Crippen LogP contribution in [0.3, 0.4) is 0 Å². The number of methoxy groups -OCH3 is 2. The zero-order valence-electron chi connectivity index (χ0n) is 75.1. The highest BCUT2D eigenvalue weighted by molar-refractivity contribution is 8.05. The van der Waals surface area contributed by atoms with Gasteiger partial charge in [-0.05, 0) is 159 Å². The predicted octanol–water partition coefficient (Wildman–Crippen LogP) is 16.9. The number of aliphatic hydroxyl groups is 2. The summed E-state index contributed by atoms with van der Waals surface area (Å²) in [6.07, 6.45) is -7.62. The Bertz CT molecular complexity index is 5630. The van der Waals surface area contributed by atoms with E-state index in [1.54, 1.807) is 88.7 Å². The number of rotatable bonds is 34. The van der Waals surface area contributed by atoms with E-state index in [0.717, 1.165) is 73.2 Å². The molecule has 8 heterocycles. The first-order valence-electron chi connectivity index (χ1n) is 43.0. The van der Waals surface area contributed by atoms with Crippen LogP contribution >= 0.6 is 79.5 Å². The van der Waals surface area contributed by atoms with Gasteiger partial charge in [-0.15, -0.1) is 35.3 Å². The van der Waals surface area contributed by atoms with Crippen LogP contribution in [0.2, 0.25) is 0 Å². The fourth-order valence-corrected chi connectivity index (χ4v) is 23.1. The number of benzene rings is 6. The topological polar surface area (TPSA) is 408 Å². The quantitative estimate of drug-likeness (QED) is 0.0108. The molecule has 0 aliphatic carbocycles. The average Bonchev–Trinajstić information content (AvgIpc) is 1.07. The van der Waals surface area contributed by atoms with E-state index in [2.05, 4.69) is 30.1 Å². The molecule has 5 saturated heterocycles. The molecule has 0 saturated carbocycles. The number of anilines is 3. The molecule has 9 aromatic rings. The maximum atomic E-state index is 16.1. The fraction of sp³-hybridized carbons (Fsp3) is 0.440. The van der Waals surface area contributed by atoms with Gasteiger partial charge in [0, 0.05) is 18.6 Å². The van der Waals surface area contributed by atoms with Crippen LogP contribution in [-0.4, -0.2) is 182 Å². The van der Waals surface area contributed by atoms with Gasteiger partial charge < -0.3 is 54.8 Å². The number of nitrogens with zero attached hydrogens (tertiary/aromatic N) is 6. The molecule has 17 atom stereocenters. The van der Waals surface area contributed by atoms with E-state index < -0.39 is 136 Å². The number of phosphoric acid groups is 2. The Kier molecular flexibility index (Phi) is 37.8. The number of thioether (sulfide) groups is 3. The zero-order chi connectivity index (χ0) is 97.0. The smallest absolute Gasteiger partial charge is 0.475 e. The van der Waals surface area contributed by atoms with Crippen molar-refractivity contribution in [1.82, 2.24) is 28.7 Å². The Morgan fingerprint density at radius 2 is 0.821 bits per heavy atom. The molecule has 0 spiro atoms. The van der Waals surface area contributed by atoms with Gasteiger partial charge in [-0.2, -0.15) is 15.0 Å². The molecule has 0 amide bonds. The predicted molar refractivity (Wildman–Crippen MR) is 507 cm³/mol. The molecule has 5 aliphatic heterocycles. The summed E-state index contributed by atoms with van der Waals surface area (Å²) in [5.41, 5.74) is 6.97. The molecule has 4 unspecified atom stereocenters. The number of ether oxygens (including phenoxy) is 5. The summed E-state index contributed by atoms with van der Waals surface area (Å²) in [4.78, 5) is 86.3. The van der Waals surface area contributed by atoms with Crippen molar-refractivity contribution < 1.29 is 107 Å².